The minimum atomic E-state index is -0.888. The van der Waals surface area contributed by atoms with Crippen molar-refractivity contribution in [2.75, 3.05) is 19.7 Å². The first-order valence-corrected chi connectivity index (χ1v) is 7.82. The predicted molar refractivity (Wildman–Crippen MR) is 81.2 cm³/mol. The monoisotopic (exact) mass is 329 g/mol. The number of nitrogens with zero attached hydrogens (tertiary/aromatic N) is 1. The number of hydrogen-bond donors (Lipinski definition) is 0. The summed E-state index contributed by atoms with van der Waals surface area (Å²) in [5.41, 5.74) is 0. The van der Waals surface area contributed by atoms with E-state index < -0.39 is 4.33 Å². The average molecular weight is 330 g/mol. The van der Waals surface area contributed by atoms with Crippen LogP contribution in [0, 0.1) is 5.92 Å². The minimum Gasteiger partial charge on any atom is -0.486 e. The number of ether oxygens (including phenoxy) is 2. The zero-order chi connectivity index (χ0) is 15.0. The van der Waals surface area contributed by atoms with Gasteiger partial charge in [0.25, 0.3) is 0 Å². The lowest BCUT2D eigenvalue weighted by molar-refractivity contribution is -0.134. The normalized spacial score (nSPS) is 25.3. The maximum Gasteiger partial charge on any atom is 0.228 e. The lowest BCUT2D eigenvalue weighted by atomic mass is 10.2. The molecule has 1 fully saturated rings. The summed E-state index contributed by atoms with van der Waals surface area (Å²) < 4.78 is 10.7. The number of halogens is 2. The molecule has 114 valence electrons. The van der Waals surface area contributed by atoms with E-state index in [1.807, 2.05) is 31.2 Å². The molecule has 2 aliphatic rings. The van der Waals surface area contributed by atoms with E-state index in [0.29, 0.717) is 31.9 Å². The Kier molecular flexibility index (Phi) is 3.93. The van der Waals surface area contributed by atoms with Crippen LogP contribution in [-0.2, 0) is 4.79 Å². The van der Waals surface area contributed by atoms with Crippen LogP contribution in [0.4, 0.5) is 0 Å². The molecule has 0 aromatic heterocycles. The quantitative estimate of drug-likeness (QED) is 0.797. The number of likely N-dealkylation sites (N-methyl/N-ethyl adjacent to an activating group) is 1. The first kappa shape index (κ1) is 14.8. The highest BCUT2D eigenvalue weighted by molar-refractivity contribution is 6.52. The number of hydrogen-bond acceptors (Lipinski definition) is 3. The Morgan fingerprint density at radius 1 is 1.38 bits per heavy atom. The topological polar surface area (TPSA) is 38.8 Å². The summed E-state index contributed by atoms with van der Waals surface area (Å²) >= 11 is 11.9. The van der Waals surface area contributed by atoms with Crippen LogP contribution in [0.5, 0.6) is 11.5 Å². The van der Waals surface area contributed by atoms with Crippen LogP contribution < -0.4 is 9.47 Å². The van der Waals surface area contributed by atoms with E-state index in [-0.39, 0.29) is 17.9 Å². The molecule has 1 amide bonds. The van der Waals surface area contributed by atoms with Crippen molar-refractivity contribution in [1.82, 2.24) is 4.90 Å². The van der Waals surface area contributed by atoms with Crippen LogP contribution in [-0.4, -0.2) is 40.9 Å². The highest BCUT2D eigenvalue weighted by Crippen LogP contribution is 2.53. The number of fused-ring (bicyclic) bond motifs is 1. The average Bonchev–Trinajstić information content (AvgIpc) is 3.12. The maximum atomic E-state index is 12.3. The summed E-state index contributed by atoms with van der Waals surface area (Å²) in [4.78, 5) is 14.1. The first-order chi connectivity index (χ1) is 10.0. The van der Waals surface area contributed by atoms with Gasteiger partial charge in [0.1, 0.15) is 10.9 Å². The highest BCUT2D eigenvalue weighted by Gasteiger charge is 2.57. The van der Waals surface area contributed by atoms with Gasteiger partial charge in [0.15, 0.2) is 17.6 Å². The third-order valence-corrected chi connectivity index (χ3v) is 4.64. The highest BCUT2D eigenvalue weighted by atomic mass is 35.5. The maximum absolute atomic E-state index is 12.3. The van der Waals surface area contributed by atoms with E-state index >= 15 is 0 Å². The third kappa shape index (κ3) is 3.06. The molecule has 1 aliphatic carbocycles. The number of carbonyl (C=O) groups is 1. The van der Waals surface area contributed by atoms with E-state index in [1.54, 1.807) is 4.90 Å². The summed E-state index contributed by atoms with van der Waals surface area (Å²) in [5, 5.41) is 0. The minimum absolute atomic E-state index is 0.00930. The number of para-hydroxylation sites is 2. The molecule has 1 heterocycles. The van der Waals surface area contributed by atoms with Gasteiger partial charge in [0.05, 0.1) is 12.5 Å². The van der Waals surface area contributed by atoms with Crippen LogP contribution in [0.1, 0.15) is 13.3 Å². The van der Waals surface area contributed by atoms with Crippen molar-refractivity contribution in [2.24, 2.45) is 5.92 Å². The summed E-state index contributed by atoms with van der Waals surface area (Å²) in [5.74, 6) is 1.15. The Morgan fingerprint density at radius 2 is 2.05 bits per heavy atom. The van der Waals surface area contributed by atoms with Crippen LogP contribution in [0.2, 0.25) is 0 Å². The molecule has 0 spiro atoms. The van der Waals surface area contributed by atoms with Gasteiger partial charge in [-0.1, -0.05) is 12.1 Å². The van der Waals surface area contributed by atoms with Crippen molar-refractivity contribution in [3.63, 3.8) is 0 Å². The first-order valence-electron chi connectivity index (χ1n) is 7.06. The van der Waals surface area contributed by atoms with Gasteiger partial charge >= 0.3 is 0 Å². The third-order valence-electron chi connectivity index (χ3n) is 3.81. The zero-order valence-electron chi connectivity index (χ0n) is 11.7. The number of amides is 1. The Labute approximate surface area is 133 Å². The van der Waals surface area contributed by atoms with Gasteiger partial charge in [-0.3, -0.25) is 4.79 Å². The molecule has 4 nitrogen and oxygen atoms in total. The van der Waals surface area contributed by atoms with Crippen LogP contribution in [0.25, 0.3) is 0 Å². The summed E-state index contributed by atoms with van der Waals surface area (Å²) in [7, 11) is 0. The second-order valence-corrected chi connectivity index (χ2v) is 6.93. The molecular weight excluding hydrogens is 313 g/mol. The molecule has 0 bridgehead atoms. The second kappa shape index (κ2) is 5.58. The fourth-order valence-corrected chi connectivity index (χ4v) is 2.97. The van der Waals surface area contributed by atoms with E-state index in [9.17, 15) is 4.79 Å². The molecule has 0 radical (unpaired) electrons. The molecule has 1 aromatic carbocycles. The van der Waals surface area contributed by atoms with Crippen LogP contribution >= 0.6 is 23.2 Å². The van der Waals surface area contributed by atoms with Crippen LogP contribution in [0.15, 0.2) is 24.3 Å². The van der Waals surface area contributed by atoms with Crippen molar-refractivity contribution in [3.8, 4) is 11.5 Å². The van der Waals surface area contributed by atoms with Crippen molar-refractivity contribution in [1.29, 1.82) is 0 Å². The molecule has 6 heteroatoms. The molecule has 21 heavy (non-hydrogen) atoms. The van der Waals surface area contributed by atoms with E-state index in [1.165, 1.54) is 0 Å². The fourth-order valence-electron chi connectivity index (χ4n) is 2.48. The number of benzene rings is 1. The summed E-state index contributed by atoms with van der Waals surface area (Å²) in [6.45, 7) is 3.44. The lowest BCUT2D eigenvalue weighted by Gasteiger charge is -2.31. The molecule has 0 saturated heterocycles. The van der Waals surface area contributed by atoms with Gasteiger partial charge in [-0.25, -0.2) is 0 Å². The van der Waals surface area contributed by atoms with Gasteiger partial charge in [-0.15, -0.1) is 23.2 Å². The van der Waals surface area contributed by atoms with Gasteiger partial charge < -0.3 is 14.4 Å². The molecule has 3 rings (SSSR count). The fraction of sp³-hybridized carbons (Fsp3) is 0.533. The molecule has 1 aromatic rings. The van der Waals surface area contributed by atoms with Crippen molar-refractivity contribution < 1.29 is 14.3 Å². The van der Waals surface area contributed by atoms with Crippen molar-refractivity contribution >= 4 is 29.1 Å². The van der Waals surface area contributed by atoms with Gasteiger partial charge in [0, 0.05) is 6.54 Å². The Hall–Kier alpha value is -1.13. The van der Waals surface area contributed by atoms with Gasteiger partial charge in [0.2, 0.25) is 5.91 Å². The number of carbonyl (C=O) groups excluding carboxylic acids is 1. The second-order valence-electron chi connectivity index (χ2n) is 5.39. The van der Waals surface area contributed by atoms with Gasteiger partial charge in [-0.2, -0.15) is 0 Å². The van der Waals surface area contributed by atoms with Crippen molar-refractivity contribution in [3.05, 3.63) is 24.3 Å². The summed E-state index contributed by atoms with van der Waals surface area (Å²) in [6.07, 6.45) is 0.346. The molecule has 1 aliphatic heterocycles. The lowest BCUT2D eigenvalue weighted by Crippen LogP contribution is -2.44. The van der Waals surface area contributed by atoms with E-state index in [0.717, 1.165) is 5.75 Å². The Bertz CT molecular complexity index is 549. The van der Waals surface area contributed by atoms with Gasteiger partial charge in [-0.05, 0) is 25.5 Å². The zero-order valence-corrected chi connectivity index (χ0v) is 13.2. The van der Waals surface area contributed by atoms with E-state index in [2.05, 4.69) is 0 Å². The van der Waals surface area contributed by atoms with Crippen LogP contribution in [0.3, 0.4) is 0 Å². The summed E-state index contributed by atoms with van der Waals surface area (Å²) in [6, 6.07) is 7.53. The number of rotatable bonds is 4. The standard InChI is InChI=1S/C15H17Cl2NO3/c1-2-18(14(19)11-7-15(11,16)17)8-10-9-20-12-5-3-4-6-13(12)21-10/h3-6,10-11H,2,7-9H2,1H3. The van der Waals surface area contributed by atoms with Crippen molar-refractivity contribution in [2.45, 2.75) is 23.8 Å². The SMILES string of the molecule is CCN(CC1COc2ccccc2O1)C(=O)C1CC1(Cl)Cl. The smallest absolute Gasteiger partial charge is 0.228 e. The molecule has 0 N–H and O–H groups in total. The largest absolute Gasteiger partial charge is 0.486 e. The van der Waals surface area contributed by atoms with E-state index in [4.69, 9.17) is 32.7 Å². The molecular formula is C15H17Cl2NO3. The Balaban J connectivity index is 1.62. The molecule has 2 atom stereocenters. The Morgan fingerprint density at radius 3 is 2.67 bits per heavy atom. The predicted octanol–water partition coefficient (Wildman–Crippen LogP) is 2.87. The number of alkyl halides is 2. The molecule has 1 saturated carbocycles. The molecule has 2 unspecified atom stereocenters.